The molecule has 1 saturated heterocycles. The van der Waals surface area contributed by atoms with Gasteiger partial charge in [0.05, 0.1) is 16.6 Å². The summed E-state index contributed by atoms with van der Waals surface area (Å²) in [4.78, 5) is 20.0. The zero-order valence-electron chi connectivity index (χ0n) is 12.8. The van der Waals surface area contributed by atoms with E-state index in [0.717, 1.165) is 24.7 Å². The van der Waals surface area contributed by atoms with Crippen LogP contribution in [0.1, 0.15) is 28.8 Å². The fourth-order valence-electron chi connectivity index (χ4n) is 3.49. The van der Waals surface area contributed by atoms with Crippen molar-refractivity contribution in [3.05, 3.63) is 46.7 Å². The molecule has 1 aliphatic rings. The Morgan fingerprint density at radius 3 is 2.83 bits per heavy atom. The molecule has 2 aromatic heterocycles. The molecule has 1 fully saturated rings. The monoisotopic (exact) mass is 326 g/mol. The number of aromatic nitrogens is 3. The highest BCUT2D eigenvalue weighted by molar-refractivity contribution is 6.05. The number of H-pyrrole nitrogens is 1. The number of nitrogens with two attached hydrogens (primary N) is 1. The second kappa shape index (κ2) is 5.04. The van der Waals surface area contributed by atoms with Crippen LogP contribution in [0.3, 0.4) is 0 Å². The number of piperidine rings is 1. The van der Waals surface area contributed by atoms with Crippen LogP contribution in [0.2, 0.25) is 0 Å². The van der Waals surface area contributed by atoms with E-state index in [0.29, 0.717) is 29.5 Å². The van der Waals surface area contributed by atoms with Crippen LogP contribution in [-0.2, 0) is 5.54 Å². The van der Waals surface area contributed by atoms with E-state index in [4.69, 9.17) is 12.3 Å². The van der Waals surface area contributed by atoms with Crippen molar-refractivity contribution in [1.29, 1.82) is 0 Å². The summed E-state index contributed by atoms with van der Waals surface area (Å²) in [6.45, 7) is 9.19. The highest BCUT2D eigenvalue weighted by Crippen LogP contribution is 2.38. The normalized spacial score (nSPS) is 17.2. The number of nitrogens with zero attached hydrogens (tertiary/aromatic N) is 3. The molecule has 0 radical (unpaired) electrons. The fraction of sp³-hybridized carbons (Fsp3) is 0.312. The molecule has 0 aliphatic carbocycles. The highest BCUT2D eigenvalue weighted by atomic mass is 19.1. The quantitative estimate of drug-likeness (QED) is 0.624. The summed E-state index contributed by atoms with van der Waals surface area (Å²) in [5.74, 6) is -1.29. The number of benzene rings is 1. The molecule has 7 nitrogen and oxygen atoms in total. The van der Waals surface area contributed by atoms with E-state index in [1.165, 1.54) is 6.07 Å². The van der Waals surface area contributed by atoms with Gasteiger partial charge in [-0.2, -0.15) is 0 Å². The molecule has 4 N–H and O–H groups in total. The fourth-order valence-corrected chi connectivity index (χ4v) is 3.49. The number of carbonyl (C=O) groups is 1. The molecule has 4 rings (SSSR count). The van der Waals surface area contributed by atoms with E-state index < -0.39 is 17.3 Å². The Labute approximate surface area is 136 Å². The molecule has 1 aliphatic heterocycles. The van der Waals surface area contributed by atoms with Crippen molar-refractivity contribution in [2.75, 3.05) is 13.1 Å². The van der Waals surface area contributed by atoms with E-state index in [1.54, 1.807) is 10.7 Å². The van der Waals surface area contributed by atoms with Gasteiger partial charge in [0, 0.05) is 38.2 Å². The van der Waals surface area contributed by atoms with Crippen LogP contribution in [0.25, 0.3) is 21.5 Å². The maximum Gasteiger partial charge on any atom is 0.265 e. The van der Waals surface area contributed by atoms with Gasteiger partial charge in [-0.1, -0.05) is 0 Å². The van der Waals surface area contributed by atoms with E-state index >= 15 is 0 Å². The number of amides is 1. The first-order valence-corrected chi connectivity index (χ1v) is 7.64. The average molecular weight is 326 g/mol. The van der Waals surface area contributed by atoms with E-state index in [1.807, 2.05) is 0 Å². The minimum Gasteiger partial charge on any atom is -0.366 e. The third kappa shape index (κ3) is 1.91. The van der Waals surface area contributed by atoms with Gasteiger partial charge in [-0.25, -0.2) is 20.5 Å². The maximum absolute atomic E-state index is 13.8. The molecule has 1 aromatic carbocycles. The number of hydrogen-bond acceptors (Lipinski definition) is 3. The second-order valence-electron chi connectivity index (χ2n) is 6.04. The van der Waals surface area contributed by atoms with Gasteiger partial charge in [0.15, 0.2) is 5.65 Å². The van der Waals surface area contributed by atoms with Crippen LogP contribution in [0.5, 0.6) is 0 Å². The number of carbonyl (C=O) groups excluding carboxylic acids is 1. The molecular formula is C16H15FN6O. The number of rotatable bonds is 2. The summed E-state index contributed by atoms with van der Waals surface area (Å²) in [7, 11) is 0. The van der Waals surface area contributed by atoms with Crippen LogP contribution in [0.15, 0.2) is 18.3 Å². The second-order valence-corrected chi connectivity index (χ2v) is 6.04. The first-order valence-electron chi connectivity index (χ1n) is 7.64. The molecule has 24 heavy (non-hydrogen) atoms. The van der Waals surface area contributed by atoms with Gasteiger partial charge in [0.25, 0.3) is 11.4 Å². The number of halogens is 1. The lowest BCUT2D eigenvalue weighted by Gasteiger charge is -2.25. The predicted molar refractivity (Wildman–Crippen MR) is 85.9 cm³/mol. The molecule has 0 saturated carbocycles. The Morgan fingerprint density at radius 2 is 2.17 bits per heavy atom. The standard InChI is InChI=1S/C16H15FN6O/c1-19-16(2-4-20-5-3-16)11-8-21-23-13-10(14(18)24)6-9(17)7-12(13)22-15(11)23/h6-8,20-21H,2-5H2,(H2,18,24). The Hall–Kier alpha value is -2.92. The van der Waals surface area contributed by atoms with Gasteiger partial charge in [0.1, 0.15) is 11.3 Å². The smallest absolute Gasteiger partial charge is 0.265 e. The zero-order valence-corrected chi connectivity index (χ0v) is 12.8. The molecule has 1 amide bonds. The highest BCUT2D eigenvalue weighted by Gasteiger charge is 2.43. The van der Waals surface area contributed by atoms with E-state index in [9.17, 15) is 9.18 Å². The number of primary amides is 1. The Balaban J connectivity index is 2.03. The van der Waals surface area contributed by atoms with Gasteiger partial charge >= 0.3 is 0 Å². The van der Waals surface area contributed by atoms with Crippen molar-refractivity contribution >= 4 is 22.6 Å². The number of aromatic amines is 1. The van der Waals surface area contributed by atoms with Crippen LogP contribution in [0, 0.1) is 12.4 Å². The zero-order chi connectivity index (χ0) is 16.9. The Morgan fingerprint density at radius 1 is 1.42 bits per heavy atom. The summed E-state index contributed by atoms with van der Waals surface area (Å²) in [5, 5.41) is 6.29. The molecule has 0 bridgehead atoms. The first-order chi connectivity index (χ1) is 11.6. The van der Waals surface area contributed by atoms with Crippen molar-refractivity contribution in [3.63, 3.8) is 0 Å². The minimum atomic E-state index is -0.723. The number of nitrogens with one attached hydrogen (secondary N) is 2. The molecule has 0 unspecified atom stereocenters. The van der Waals surface area contributed by atoms with Crippen LogP contribution >= 0.6 is 0 Å². The van der Waals surface area contributed by atoms with Gasteiger partial charge < -0.3 is 15.9 Å². The lowest BCUT2D eigenvalue weighted by molar-refractivity contribution is 0.100. The van der Waals surface area contributed by atoms with Crippen LogP contribution in [-0.4, -0.2) is 33.6 Å². The molecule has 8 heteroatoms. The van der Waals surface area contributed by atoms with Crippen molar-refractivity contribution in [1.82, 2.24) is 19.9 Å². The van der Waals surface area contributed by atoms with Crippen molar-refractivity contribution in [2.24, 2.45) is 5.73 Å². The summed E-state index contributed by atoms with van der Waals surface area (Å²) >= 11 is 0. The SMILES string of the molecule is [C-]#[N+]C1(c2c[nH]n3c2nc2cc(F)cc(C(N)=O)c23)CCNCC1. The number of fused-ring (bicyclic) bond motifs is 3. The lowest BCUT2D eigenvalue weighted by Crippen LogP contribution is -2.37. The van der Waals surface area contributed by atoms with Crippen LogP contribution < -0.4 is 11.1 Å². The van der Waals surface area contributed by atoms with E-state index in [-0.39, 0.29) is 5.56 Å². The largest absolute Gasteiger partial charge is 0.366 e. The molecule has 0 spiro atoms. The summed E-state index contributed by atoms with van der Waals surface area (Å²) in [6.07, 6.45) is 3.09. The Kier molecular flexibility index (Phi) is 3.08. The number of imidazole rings is 1. The van der Waals surface area contributed by atoms with Gasteiger partial charge in [-0.15, -0.1) is 0 Å². The van der Waals surface area contributed by atoms with E-state index in [2.05, 4.69) is 20.2 Å². The summed E-state index contributed by atoms with van der Waals surface area (Å²) < 4.78 is 15.4. The molecule has 0 atom stereocenters. The van der Waals surface area contributed by atoms with Crippen LogP contribution in [0.4, 0.5) is 4.39 Å². The number of hydrogen-bond donors (Lipinski definition) is 3. The molecular weight excluding hydrogens is 311 g/mol. The third-order valence-electron chi connectivity index (χ3n) is 4.71. The van der Waals surface area contributed by atoms with Gasteiger partial charge in [0.2, 0.25) is 0 Å². The predicted octanol–water partition coefficient (Wildman–Crippen LogP) is 1.55. The average Bonchev–Trinajstić information content (AvgIpc) is 3.13. The van der Waals surface area contributed by atoms with Gasteiger partial charge in [-0.3, -0.25) is 9.89 Å². The lowest BCUT2D eigenvalue weighted by atomic mass is 9.83. The topological polar surface area (TPSA) is 92.6 Å². The summed E-state index contributed by atoms with van der Waals surface area (Å²) in [5.41, 5.74) is 6.86. The third-order valence-corrected chi connectivity index (χ3v) is 4.71. The summed E-state index contributed by atoms with van der Waals surface area (Å²) in [6, 6.07) is 2.37. The molecule has 3 heterocycles. The maximum atomic E-state index is 13.8. The minimum absolute atomic E-state index is 0.0630. The Bertz CT molecular complexity index is 1010. The van der Waals surface area contributed by atoms with Crippen molar-refractivity contribution in [3.8, 4) is 0 Å². The molecule has 122 valence electrons. The molecule has 3 aromatic rings. The first kappa shape index (κ1) is 14.7. The van der Waals surface area contributed by atoms with Crippen molar-refractivity contribution < 1.29 is 9.18 Å². The van der Waals surface area contributed by atoms with Crippen molar-refractivity contribution in [2.45, 2.75) is 18.4 Å². The van der Waals surface area contributed by atoms with Gasteiger partial charge in [-0.05, 0) is 6.07 Å².